The van der Waals surface area contributed by atoms with Crippen molar-refractivity contribution in [2.24, 2.45) is 7.05 Å². The van der Waals surface area contributed by atoms with Gasteiger partial charge in [-0.3, -0.25) is 0 Å². The summed E-state index contributed by atoms with van der Waals surface area (Å²) < 4.78 is 1.82. The van der Waals surface area contributed by atoms with Crippen molar-refractivity contribution in [2.45, 2.75) is 4.90 Å². The van der Waals surface area contributed by atoms with Crippen LogP contribution in [0.1, 0.15) is 5.82 Å². The summed E-state index contributed by atoms with van der Waals surface area (Å²) in [5, 5.41) is 20.5. The van der Waals surface area contributed by atoms with Crippen LogP contribution >= 0.6 is 23.4 Å². The van der Waals surface area contributed by atoms with Crippen LogP contribution in [-0.2, 0) is 7.05 Å². The third-order valence-electron chi connectivity index (χ3n) is 3.60. The number of fused-ring (bicyclic) bond motifs is 1. The zero-order chi connectivity index (χ0) is 17.1. The number of aliphatic hydroxyl groups is 1. The van der Waals surface area contributed by atoms with Crippen LogP contribution in [0.3, 0.4) is 0 Å². The van der Waals surface area contributed by atoms with Gasteiger partial charge in [-0.15, -0.1) is 11.8 Å². The molecule has 0 bridgehead atoms. The van der Waals surface area contributed by atoms with Gasteiger partial charge in [0.15, 0.2) is 5.82 Å². The minimum atomic E-state index is 0.0101. The normalized spacial score (nSPS) is 12.0. The predicted octanol–water partition coefficient (Wildman–Crippen LogP) is 4.81. The number of rotatable bonds is 4. The number of nitrogens with zero attached hydrogens (tertiary/aromatic N) is 3. The lowest BCUT2D eigenvalue weighted by molar-refractivity contribution is 0.420. The van der Waals surface area contributed by atoms with Gasteiger partial charge in [-0.25, -0.2) is 4.98 Å². The van der Waals surface area contributed by atoms with Crippen LogP contribution in [0.5, 0.6) is 0 Å². The monoisotopic (exact) mass is 355 g/mol. The second-order valence-corrected chi connectivity index (χ2v) is 6.64. The largest absolute Gasteiger partial charge is 0.510 e. The Bertz CT molecular complexity index is 955. The van der Waals surface area contributed by atoms with Gasteiger partial charge in [-0.1, -0.05) is 23.7 Å². The summed E-state index contributed by atoms with van der Waals surface area (Å²) in [6, 6.07) is 17.0. The number of aryl methyl sites for hydroxylation is 1. The number of hydrogen-bond donors (Lipinski definition) is 1. The quantitative estimate of drug-likeness (QED) is 0.414. The fourth-order valence-electron chi connectivity index (χ4n) is 2.37. The molecular weight excluding hydrogens is 342 g/mol. The zero-order valence-corrected chi connectivity index (χ0v) is 14.5. The van der Waals surface area contributed by atoms with Crippen LogP contribution < -0.4 is 0 Å². The SMILES string of the molecule is Cn1c(C(C#N)=C(O)CSc2ccc(Cl)cc2)nc2ccccc21. The van der Waals surface area contributed by atoms with Crippen molar-refractivity contribution in [3.05, 3.63) is 65.1 Å². The molecule has 0 fully saturated rings. The number of imidazole rings is 1. The molecule has 0 radical (unpaired) electrons. The Labute approximate surface area is 149 Å². The first-order chi connectivity index (χ1) is 11.6. The van der Waals surface area contributed by atoms with Crippen molar-refractivity contribution < 1.29 is 5.11 Å². The Kier molecular flexibility index (Phi) is 4.79. The topological polar surface area (TPSA) is 61.8 Å². The maximum Gasteiger partial charge on any atom is 0.155 e. The molecule has 6 heteroatoms. The van der Waals surface area contributed by atoms with Crippen LogP contribution in [0.25, 0.3) is 16.6 Å². The zero-order valence-electron chi connectivity index (χ0n) is 12.9. The summed E-state index contributed by atoms with van der Waals surface area (Å²) in [6.07, 6.45) is 0. The average Bonchev–Trinajstić information content (AvgIpc) is 2.92. The highest BCUT2D eigenvalue weighted by Gasteiger charge is 2.16. The van der Waals surface area contributed by atoms with E-state index in [0.29, 0.717) is 10.8 Å². The molecule has 4 nitrogen and oxygen atoms in total. The average molecular weight is 356 g/mol. The standard InChI is InChI=1S/C18H14ClN3OS/c1-22-16-5-3-2-4-15(16)21-18(22)14(10-20)17(23)11-24-13-8-6-12(19)7-9-13/h2-9,23H,11H2,1H3. The Morgan fingerprint density at radius 1 is 1.25 bits per heavy atom. The predicted molar refractivity (Wildman–Crippen MR) is 98.1 cm³/mol. The molecule has 1 N–H and O–H groups in total. The molecule has 0 atom stereocenters. The maximum atomic E-state index is 10.4. The van der Waals surface area contributed by atoms with Gasteiger partial charge >= 0.3 is 0 Å². The number of halogens is 1. The lowest BCUT2D eigenvalue weighted by Gasteiger charge is -2.05. The smallest absolute Gasteiger partial charge is 0.155 e. The van der Waals surface area contributed by atoms with Crippen LogP contribution in [0.4, 0.5) is 0 Å². The molecule has 0 saturated heterocycles. The van der Waals surface area contributed by atoms with Gasteiger partial charge in [0.25, 0.3) is 0 Å². The number of thioether (sulfide) groups is 1. The van der Waals surface area contributed by atoms with Gasteiger partial charge in [0, 0.05) is 17.0 Å². The highest BCUT2D eigenvalue weighted by molar-refractivity contribution is 7.99. The molecule has 1 heterocycles. The fraction of sp³-hybridized carbons (Fsp3) is 0.111. The number of aromatic nitrogens is 2. The molecule has 0 saturated carbocycles. The van der Waals surface area contributed by atoms with E-state index in [-0.39, 0.29) is 17.1 Å². The summed E-state index contributed by atoms with van der Waals surface area (Å²) in [7, 11) is 1.83. The number of nitriles is 1. The minimum Gasteiger partial charge on any atom is -0.510 e. The first-order valence-corrected chi connectivity index (χ1v) is 8.59. The Balaban J connectivity index is 1.90. The van der Waals surface area contributed by atoms with Crippen molar-refractivity contribution >= 4 is 40.0 Å². The molecule has 0 spiro atoms. The summed E-state index contributed by atoms with van der Waals surface area (Å²) in [5.41, 5.74) is 1.90. The summed E-state index contributed by atoms with van der Waals surface area (Å²) in [4.78, 5) is 5.43. The summed E-state index contributed by atoms with van der Waals surface area (Å²) in [6.45, 7) is 0. The van der Waals surface area contributed by atoms with E-state index in [1.807, 2.05) is 48.0 Å². The van der Waals surface area contributed by atoms with Gasteiger partial charge < -0.3 is 9.67 Å². The Hall–Kier alpha value is -2.42. The summed E-state index contributed by atoms with van der Waals surface area (Å²) >= 11 is 7.30. The number of allylic oxidation sites excluding steroid dienone is 1. The lowest BCUT2D eigenvalue weighted by atomic mass is 10.2. The van der Waals surface area contributed by atoms with Crippen molar-refractivity contribution in [2.75, 3.05) is 5.75 Å². The molecule has 24 heavy (non-hydrogen) atoms. The third kappa shape index (κ3) is 3.25. The van der Waals surface area contributed by atoms with E-state index in [2.05, 4.69) is 11.1 Å². The molecule has 0 aliphatic heterocycles. The van der Waals surface area contributed by atoms with E-state index in [1.165, 1.54) is 11.8 Å². The van der Waals surface area contributed by atoms with E-state index in [0.717, 1.165) is 15.9 Å². The van der Waals surface area contributed by atoms with Crippen molar-refractivity contribution in [3.8, 4) is 6.07 Å². The minimum absolute atomic E-state index is 0.0101. The van der Waals surface area contributed by atoms with Gasteiger partial charge in [0.1, 0.15) is 17.4 Å². The number of para-hydroxylation sites is 2. The van der Waals surface area contributed by atoms with Gasteiger partial charge in [0.2, 0.25) is 0 Å². The van der Waals surface area contributed by atoms with E-state index in [4.69, 9.17) is 11.6 Å². The van der Waals surface area contributed by atoms with Crippen molar-refractivity contribution in [3.63, 3.8) is 0 Å². The lowest BCUT2D eigenvalue weighted by Crippen LogP contribution is -2.00. The first kappa shape index (κ1) is 16.4. The highest BCUT2D eigenvalue weighted by Crippen LogP contribution is 2.26. The van der Waals surface area contributed by atoms with E-state index < -0.39 is 0 Å². The molecule has 2 aromatic carbocycles. The third-order valence-corrected chi connectivity index (χ3v) is 4.88. The van der Waals surface area contributed by atoms with Gasteiger partial charge in [-0.05, 0) is 36.4 Å². The molecule has 0 amide bonds. The Morgan fingerprint density at radius 3 is 2.62 bits per heavy atom. The second kappa shape index (κ2) is 7.00. The molecule has 0 aliphatic rings. The van der Waals surface area contributed by atoms with Crippen LogP contribution in [0, 0.1) is 11.3 Å². The van der Waals surface area contributed by atoms with Gasteiger partial charge in [0.05, 0.1) is 16.8 Å². The number of benzene rings is 2. The second-order valence-electron chi connectivity index (χ2n) is 5.16. The molecule has 120 valence electrons. The van der Waals surface area contributed by atoms with E-state index >= 15 is 0 Å². The van der Waals surface area contributed by atoms with Crippen molar-refractivity contribution in [1.82, 2.24) is 9.55 Å². The van der Waals surface area contributed by atoms with Crippen LogP contribution in [0.15, 0.2) is 59.2 Å². The molecule has 0 aliphatic carbocycles. The molecule has 1 aromatic heterocycles. The highest BCUT2D eigenvalue weighted by atomic mass is 35.5. The Morgan fingerprint density at radius 2 is 1.96 bits per heavy atom. The number of hydrogen-bond acceptors (Lipinski definition) is 4. The van der Waals surface area contributed by atoms with Crippen LogP contribution in [0.2, 0.25) is 5.02 Å². The van der Waals surface area contributed by atoms with E-state index in [1.54, 1.807) is 12.1 Å². The summed E-state index contributed by atoms with van der Waals surface area (Å²) in [5.74, 6) is 0.761. The molecule has 0 unspecified atom stereocenters. The fourth-order valence-corrected chi connectivity index (χ4v) is 3.27. The molecule has 3 aromatic rings. The van der Waals surface area contributed by atoms with Crippen LogP contribution in [-0.4, -0.2) is 20.4 Å². The maximum absolute atomic E-state index is 10.4. The number of aliphatic hydroxyl groups excluding tert-OH is 1. The van der Waals surface area contributed by atoms with Crippen molar-refractivity contribution in [1.29, 1.82) is 5.26 Å². The molecule has 3 rings (SSSR count). The van der Waals surface area contributed by atoms with Gasteiger partial charge in [-0.2, -0.15) is 5.26 Å². The molecular formula is C18H14ClN3OS. The first-order valence-electron chi connectivity index (χ1n) is 7.22. The van der Waals surface area contributed by atoms with E-state index in [9.17, 15) is 10.4 Å².